The van der Waals surface area contributed by atoms with Gasteiger partial charge in [0.05, 0.1) is 17.9 Å². The summed E-state index contributed by atoms with van der Waals surface area (Å²) in [4.78, 5) is 24.5. The van der Waals surface area contributed by atoms with Gasteiger partial charge in [-0.05, 0) is 45.0 Å². The molecule has 0 spiro atoms. The summed E-state index contributed by atoms with van der Waals surface area (Å²) in [5.41, 5.74) is 0.919. The number of benzene rings is 1. The van der Waals surface area contributed by atoms with Crippen LogP contribution in [-0.4, -0.2) is 51.3 Å². The average molecular weight is 347 g/mol. The topological polar surface area (TPSA) is 88.7 Å². The van der Waals surface area contributed by atoms with E-state index in [1.807, 2.05) is 0 Å². The number of fused-ring (bicyclic) bond motifs is 1. The highest BCUT2D eigenvalue weighted by molar-refractivity contribution is 6.03. The maximum absolute atomic E-state index is 12.7. The lowest BCUT2D eigenvalue weighted by atomic mass is 9.79. The standard InChI is InChI=1S/C18H25N3O4/c1-12-16(22)21-14-5-3-4-13(15(14)25-12)17(23)20-10-18(11-24-2)6-8-19-9-7-18/h3-5,12,19H,6-11H2,1-2H3,(H,20,23)(H,21,22). The summed E-state index contributed by atoms with van der Waals surface area (Å²) in [6.45, 7) is 4.67. The monoisotopic (exact) mass is 347 g/mol. The molecule has 0 aliphatic carbocycles. The van der Waals surface area contributed by atoms with E-state index in [0.717, 1.165) is 25.9 Å². The first-order chi connectivity index (χ1) is 12.0. The number of ether oxygens (including phenoxy) is 2. The third kappa shape index (κ3) is 3.77. The van der Waals surface area contributed by atoms with E-state index >= 15 is 0 Å². The molecule has 1 unspecified atom stereocenters. The maximum atomic E-state index is 12.7. The molecule has 3 rings (SSSR count). The van der Waals surface area contributed by atoms with Gasteiger partial charge in [0.2, 0.25) is 0 Å². The van der Waals surface area contributed by atoms with Gasteiger partial charge in [-0.25, -0.2) is 0 Å². The number of hydrogen-bond acceptors (Lipinski definition) is 5. The molecule has 1 aromatic rings. The summed E-state index contributed by atoms with van der Waals surface area (Å²) < 4.78 is 11.0. The zero-order valence-corrected chi connectivity index (χ0v) is 14.7. The highest BCUT2D eigenvalue weighted by Gasteiger charge is 2.33. The fourth-order valence-electron chi connectivity index (χ4n) is 3.40. The lowest BCUT2D eigenvalue weighted by Crippen LogP contribution is -2.47. The Kier molecular flexibility index (Phi) is 5.24. The Morgan fingerprint density at radius 3 is 2.88 bits per heavy atom. The van der Waals surface area contributed by atoms with Crippen molar-refractivity contribution >= 4 is 17.5 Å². The first-order valence-electron chi connectivity index (χ1n) is 8.63. The SMILES string of the molecule is COCC1(CNC(=O)c2cccc3c2OC(C)C(=O)N3)CCNCC1. The van der Waals surface area contributed by atoms with Gasteiger partial charge < -0.3 is 25.4 Å². The molecule has 136 valence electrons. The summed E-state index contributed by atoms with van der Waals surface area (Å²) in [6, 6.07) is 5.18. The Bertz CT molecular complexity index is 650. The molecule has 0 saturated carbocycles. The van der Waals surface area contributed by atoms with Crippen LogP contribution in [0.5, 0.6) is 5.75 Å². The van der Waals surface area contributed by atoms with Crippen LogP contribution in [0.3, 0.4) is 0 Å². The number of nitrogens with one attached hydrogen (secondary N) is 3. The molecule has 1 aromatic carbocycles. The van der Waals surface area contributed by atoms with E-state index < -0.39 is 6.10 Å². The number of para-hydroxylation sites is 1. The molecule has 7 nitrogen and oxygen atoms in total. The Morgan fingerprint density at radius 1 is 1.40 bits per heavy atom. The summed E-state index contributed by atoms with van der Waals surface area (Å²) in [5.74, 6) is 0.0197. The normalized spacial score (nSPS) is 21.7. The predicted molar refractivity (Wildman–Crippen MR) is 93.9 cm³/mol. The molecule has 1 saturated heterocycles. The van der Waals surface area contributed by atoms with E-state index in [1.165, 1.54) is 0 Å². The predicted octanol–water partition coefficient (Wildman–Crippen LogP) is 1.15. The molecule has 0 radical (unpaired) electrons. The first-order valence-corrected chi connectivity index (χ1v) is 8.63. The van der Waals surface area contributed by atoms with Crippen LogP contribution in [0.25, 0.3) is 0 Å². The van der Waals surface area contributed by atoms with E-state index in [0.29, 0.717) is 30.2 Å². The Hall–Kier alpha value is -2.12. The molecular weight excluding hydrogens is 322 g/mol. The highest BCUT2D eigenvalue weighted by Crippen LogP contribution is 2.34. The quantitative estimate of drug-likeness (QED) is 0.744. The number of methoxy groups -OCH3 is 1. The number of anilines is 1. The van der Waals surface area contributed by atoms with E-state index in [9.17, 15) is 9.59 Å². The van der Waals surface area contributed by atoms with Crippen LogP contribution in [0.2, 0.25) is 0 Å². The van der Waals surface area contributed by atoms with E-state index in [2.05, 4.69) is 16.0 Å². The van der Waals surface area contributed by atoms with Gasteiger partial charge in [0.25, 0.3) is 11.8 Å². The molecule has 0 aromatic heterocycles. The number of amides is 2. The van der Waals surface area contributed by atoms with Crippen molar-refractivity contribution in [1.82, 2.24) is 10.6 Å². The summed E-state index contributed by atoms with van der Waals surface area (Å²) in [5, 5.41) is 9.14. The lowest BCUT2D eigenvalue weighted by molar-refractivity contribution is -0.122. The second kappa shape index (κ2) is 7.41. The van der Waals surface area contributed by atoms with Gasteiger partial charge in [-0.15, -0.1) is 0 Å². The van der Waals surface area contributed by atoms with Crippen molar-refractivity contribution in [2.45, 2.75) is 25.9 Å². The molecule has 1 atom stereocenters. The third-order valence-electron chi connectivity index (χ3n) is 4.92. The smallest absolute Gasteiger partial charge is 0.265 e. The van der Waals surface area contributed by atoms with Crippen LogP contribution < -0.4 is 20.7 Å². The molecular formula is C18H25N3O4. The fraction of sp³-hybridized carbons (Fsp3) is 0.556. The van der Waals surface area contributed by atoms with E-state index in [1.54, 1.807) is 32.2 Å². The number of hydrogen-bond donors (Lipinski definition) is 3. The van der Waals surface area contributed by atoms with Crippen LogP contribution in [0.15, 0.2) is 18.2 Å². The van der Waals surface area contributed by atoms with Crippen molar-refractivity contribution in [2.75, 3.05) is 38.7 Å². The molecule has 25 heavy (non-hydrogen) atoms. The van der Waals surface area contributed by atoms with Crippen LogP contribution in [-0.2, 0) is 9.53 Å². The summed E-state index contributed by atoms with van der Waals surface area (Å²) >= 11 is 0. The fourth-order valence-corrected chi connectivity index (χ4v) is 3.40. The average Bonchev–Trinajstić information content (AvgIpc) is 2.61. The zero-order valence-electron chi connectivity index (χ0n) is 14.7. The molecule has 2 aliphatic heterocycles. The first kappa shape index (κ1) is 17.7. The largest absolute Gasteiger partial charge is 0.478 e. The maximum Gasteiger partial charge on any atom is 0.265 e. The molecule has 2 amide bonds. The minimum atomic E-state index is -0.620. The van der Waals surface area contributed by atoms with Gasteiger partial charge in [-0.1, -0.05) is 6.07 Å². The van der Waals surface area contributed by atoms with Gasteiger partial charge in [0.15, 0.2) is 11.9 Å². The van der Waals surface area contributed by atoms with Crippen molar-refractivity contribution in [3.05, 3.63) is 23.8 Å². The second-order valence-corrected chi connectivity index (χ2v) is 6.80. The van der Waals surface area contributed by atoms with Crippen LogP contribution in [0, 0.1) is 5.41 Å². The molecule has 2 aliphatic rings. The molecule has 3 N–H and O–H groups in total. The van der Waals surface area contributed by atoms with Crippen molar-refractivity contribution in [3.8, 4) is 5.75 Å². The lowest BCUT2D eigenvalue weighted by Gasteiger charge is -2.37. The van der Waals surface area contributed by atoms with Crippen molar-refractivity contribution in [2.24, 2.45) is 5.41 Å². The number of rotatable bonds is 5. The van der Waals surface area contributed by atoms with Crippen molar-refractivity contribution in [1.29, 1.82) is 0 Å². The highest BCUT2D eigenvalue weighted by atomic mass is 16.5. The second-order valence-electron chi connectivity index (χ2n) is 6.80. The van der Waals surface area contributed by atoms with Crippen LogP contribution >= 0.6 is 0 Å². The van der Waals surface area contributed by atoms with Gasteiger partial charge in [0, 0.05) is 19.1 Å². The Morgan fingerprint density at radius 2 is 2.16 bits per heavy atom. The van der Waals surface area contributed by atoms with Gasteiger partial charge in [0.1, 0.15) is 0 Å². The zero-order chi connectivity index (χ0) is 17.9. The molecule has 0 bridgehead atoms. The van der Waals surface area contributed by atoms with Crippen molar-refractivity contribution in [3.63, 3.8) is 0 Å². The van der Waals surface area contributed by atoms with Crippen molar-refractivity contribution < 1.29 is 19.1 Å². The molecule has 1 fully saturated rings. The van der Waals surface area contributed by atoms with Gasteiger partial charge >= 0.3 is 0 Å². The van der Waals surface area contributed by atoms with Gasteiger partial charge in [-0.2, -0.15) is 0 Å². The summed E-state index contributed by atoms with van der Waals surface area (Å²) in [6.07, 6.45) is 1.29. The number of carbonyl (C=O) groups excluding carboxylic acids is 2. The Labute approximate surface area is 147 Å². The summed E-state index contributed by atoms with van der Waals surface area (Å²) in [7, 11) is 1.69. The van der Waals surface area contributed by atoms with Gasteiger partial charge in [-0.3, -0.25) is 9.59 Å². The number of carbonyl (C=O) groups is 2. The Balaban J connectivity index is 1.73. The van der Waals surface area contributed by atoms with E-state index in [4.69, 9.17) is 9.47 Å². The van der Waals surface area contributed by atoms with Crippen LogP contribution in [0.1, 0.15) is 30.1 Å². The third-order valence-corrected chi connectivity index (χ3v) is 4.92. The molecule has 2 heterocycles. The van der Waals surface area contributed by atoms with E-state index in [-0.39, 0.29) is 17.2 Å². The minimum absolute atomic E-state index is 0.0487. The molecule has 7 heteroatoms. The number of piperidine rings is 1. The van der Waals surface area contributed by atoms with Crippen LogP contribution in [0.4, 0.5) is 5.69 Å². The minimum Gasteiger partial charge on any atom is -0.478 e.